The first-order chi connectivity index (χ1) is 10.2. The summed E-state index contributed by atoms with van der Waals surface area (Å²) in [6.07, 6.45) is 5.59. The second kappa shape index (κ2) is 4.68. The molecule has 1 saturated carbocycles. The summed E-state index contributed by atoms with van der Waals surface area (Å²) < 4.78 is 4.55. The molecular formula is C14H17N5O2. The smallest absolute Gasteiger partial charge is 0.352 e. The van der Waals surface area contributed by atoms with Gasteiger partial charge in [0.25, 0.3) is 0 Å². The first kappa shape index (κ1) is 12.6. The van der Waals surface area contributed by atoms with Gasteiger partial charge in [-0.1, -0.05) is 5.16 Å². The number of aromatic nitrogens is 4. The molecule has 0 aliphatic heterocycles. The summed E-state index contributed by atoms with van der Waals surface area (Å²) in [6, 6.07) is 0. The zero-order valence-corrected chi connectivity index (χ0v) is 11.9. The molecule has 0 spiro atoms. The molecule has 0 aromatic carbocycles. The molecule has 21 heavy (non-hydrogen) atoms. The van der Waals surface area contributed by atoms with E-state index in [1.807, 2.05) is 11.9 Å². The molecule has 0 amide bonds. The highest BCUT2D eigenvalue weighted by molar-refractivity contribution is 5.51. The van der Waals surface area contributed by atoms with Crippen molar-refractivity contribution < 1.29 is 4.52 Å². The van der Waals surface area contributed by atoms with Gasteiger partial charge in [-0.2, -0.15) is 0 Å². The van der Waals surface area contributed by atoms with Crippen LogP contribution in [0.5, 0.6) is 0 Å². The molecule has 1 N–H and O–H groups in total. The van der Waals surface area contributed by atoms with Crippen molar-refractivity contribution in [2.75, 3.05) is 11.9 Å². The second-order valence-electron chi connectivity index (χ2n) is 5.86. The van der Waals surface area contributed by atoms with E-state index in [1.54, 1.807) is 0 Å². The Bertz CT molecular complexity index is 731. The van der Waals surface area contributed by atoms with Crippen LogP contribution in [-0.4, -0.2) is 27.2 Å². The third-order valence-corrected chi connectivity index (χ3v) is 4.10. The predicted octanol–water partition coefficient (Wildman–Crippen LogP) is 1.16. The van der Waals surface area contributed by atoms with Crippen LogP contribution in [0, 0.1) is 0 Å². The molecule has 2 aromatic rings. The lowest BCUT2D eigenvalue weighted by atomic mass is 10.2. The topological polar surface area (TPSA) is 87.9 Å². The number of fused-ring (bicyclic) bond motifs is 1. The molecule has 0 bridgehead atoms. The van der Waals surface area contributed by atoms with E-state index in [2.05, 4.69) is 14.7 Å². The summed E-state index contributed by atoms with van der Waals surface area (Å²) in [4.78, 5) is 25.1. The molecule has 2 heterocycles. The maximum absolute atomic E-state index is 11.0. The van der Waals surface area contributed by atoms with Crippen molar-refractivity contribution >= 4 is 5.82 Å². The summed E-state index contributed by atoms with van der Waals surface area (Å²) in [5.41, 5.74) is 2.44. The van der Waals surface area contributed by atoms with E-state index in [0.717, 1.165) is 30.9 Å². The standard InChI is InChI=1S/C14H17N5O2/c1-19(7-11-16-14(20)21-18-11)13-9-3-2-4-10(9)15-12(17-13)8-5-6-8/h8H,2-7H2,1H3,(H,16,18,20). The fraction of sp³-hybridized carbons (Fsp3) is 0.571. The molecule has 4 rings (SSSR count). The predicted molar refractivity (Wildman–Crippen MR) is 75.3 cm³/mol. The van der Waals surface area contributed by atoms with Gasteiger partial charge in [-0.3, -0.25) is 9.51 Å². The molecule has 0 atom stereocenters. The Balaban J connectivity index is 1.67. The minimum absolute atomic E-state index is 0.472. The van der Waals surface area contributed by atoms with Crippen LogP contribution in [0.15, 0.2) is 9.32 Å². The molecule has 0 saturated heterocycles. The van der Waals surface area contributed by atoms with Gasteiger partial charge >= 0.3 is 5.76 Å². The Morgan fingerprint density at radius 1 is 1.33 bits per heavy atom. The van der Waals surface area contributed by atoms with Crippen LogP contribution in [0.4, 0.5) is 5.82 Å². The highest BCUT2D eigenvalue weighted by Gasteiger charge is 2.30. The first-order valence-corrected chi connectivity index (χ1v) is 7.36. The third kappa shape index (κ3) is 2.32. The van der Waals surface area contributed by atoms with Gasteiger partial charge in [0.2, 0.25) is 0 Å². The van der Waals surface area contributed by atoms with E-state index in [1.165, 1.54) is 24.1 Å². The zero-order valence-electron chi connectivity index (χ0n) is 11.9. The van der Waals surface area contributed by atoms with Crippen LogP contribution in [0.25, 0.3) is 0 Å². The number of nitrogens with zero attached hydrogens (tertiary/aromatic N) is 4. The number of nitrogens with one attached hydrogen (secondary N) is 1. The van der Waals surface area contributed by atoms with E-state index < -0.39 is 5.76 Å². The second-order valence-corrected chi connectivity index (χ2v) is 5.86. The van der Waals surface area contributed by atoms with E-state index in [-0.39, 0.29) is 0 Å². The van der Waals surface area contributed by atoms with Crippen molar-refractivity contribution in [3.63, 3.8) is 0 Å². The van der Waals surface area contributed by atoms with Crippen molar-refractivity contribution in [2.45, 2.75) is 44.6 Å². The SMILES string of the molecule is CN(Cc1noc(=O)[nH]1)c1nc(C2CC2)nc2c1CCC2. The summed E-state index contributed by atoms with van der Waals surface area (Å²) in [5, 5.41) is 3.72. The van der Waals surface area contributed by atoms with Gasteiger partial charge in [0.15, 0.2) is 5.82 Å². The first-order valence-electron chi connectivity index (χ1n) is 7.36. The number of hydrogen-bond donors (Lipinski definition) is 1. The Morgan fingerprint density at radius 3 is 2.90 bits per heavy atom. The monoisotopic (exact) mass is 287 g/mol. The maximum Gasteiger partial charge on any atom is 0.438 e. The van der Waals surface area contributed by atoms with E-state index in [0.29, 0.717) is 18.3 Å². The van der Waals surface area contributed by atoms with Gasteiger partial charge in [-0.05, 0) is 32.1 Å². The summed E-state index contributed by atoms with van der Waals surface area (Å²) in [6.45, 7) is 0.472. The maximum atomic E-state index is 11.0. The number of aryl methyl sites for hydroxylation is 1. The Hall–Kier alpha value is -2.18. The largest absolute Gasteiger partial charge is 0.438 e. The van der Waals surface area contributed by atoms with Crippen molar-refractivity contribution in [1.29, 1.82) is 0 Å². The fourth-order valence-corrected chi connectivity index (χ4v) is 2.90. The average Bonchev–Trinajstić information content (AvgIpc) is 3.08. The molecule has 0 radical (unpaired) electrons. The summed E-state index contributed by atoms with van der Waals surface area (Å²) in [5.74, 6) is 2.48. The molecule has 1 fully saturated rings. The average molecular weight is 287 g/mol. The molecule has 2 aliphatic carbocycles. The lowest BCUT2D eigenvalue weighted by molar-refractivity contribution is 0.381. The van der Waals surface area contributed by atoms with Crippen LogP contribution in [0.1, 0.15) is 48.1 Å². The van der Waals surface area contributed by atoms with E-state index >= 15 is 0 Å². The number of anilines is 1. The minimum atomic E-state index is -0.523. The molecule has 7 heteroatoms. The number of aromatic amines is 1. The van der Waals surface area contributed by atoms with Gasteiger partial charge in [-0.15, -0.1) is 0 Å². The van der Waals surface area contributed by atoms with Crippen LogP contribution < -0.4 is 10.7 Å². The Morgan fingerprint density at radius 2 is 2.19 bits per heavy atom. The molecule has 2 aliphatic rings. The van der Waals surface area contributed by atoms with Crippen LogP contribution in [0.2, 0.25) is 0 Å². The van der Waals surface area contributed by atoms with Gasteiger partial charge in [-0.25, -0.2) is 14.8 Å². The summed E-state index contributed by atoms with van der Waals surface area (Å²) in [7, 11) is 1.96. The van der Waals surface area contributed by atoms with Gasteiger partial charge in [0.05, 0.1) is 6.54 Å². The molecule has 7 nitrogen and oxygen atoms in total. The normalized spacial score (nSPS) is 17.0. The molecular weight excluding hydrogens is 270 g/mol. The lowest BCUT2D eigenvalue weighted by Gasteiger charge is -2.20. The van der Waals surface area contributed by atoms with Crippen molar-refractivity contribution in [3.8, 4) is 0 Å². The van der Waals surface area contributed by atoms with Crippen LogP contribution in [0.3, 0.4) is 0 Å². The van der Waals surface area contributed by atoms with Crippen molar-refractivity contribution in [2.24, 2.45) is 0 Å². The van der Waals surface area contributed by atoms with Crippen LogP contribution in [-0.2, 0) is 19.4 Å². The van der Waals surface area contributed by atoms with E-state index in [9.17, 15) is 4.79 Å². The van der Waals surface area contributed by atoms with Gasteiger partial charge in [0, 0.05) is 24.2 Å². The Kier molecular flexibility index (Phi) is 2.80. The quantitative estimate of drug-likeness (QED) is 0.907. The Labute approximate surface area is 121 Å². The van der Waals surface area contributed by atoms with E-state index in [4.69, 9.17) is 9.97 Å². The van der Waals surface area contributed by atoms with Crippen molar-refractivity contribution in [1.82, 2.24) is 20.1 Å². The third-order valence-electron chi connectivity index (χ3n) is 4.10. The fourth-order valence-electron chi connectivity index (χ4n) is 2.90. The minimum Gasteiger partial charge on any atom is -0.352 e. The molecule has 0 unspecified atom stereocenters. The number of H-pyrrole nitrogens is 1. The number of hydrogen-bond acceptors (Lipinski definition) is 6. The van der Waals surface area contributed by atoms with Gasteiger partial charge in [0.1, 0.15) is 11.6 Å². The van der Waals surface area contributed by atoms with Gasteiger partial charge < -0.3 is 4.90 Å². The summed E-state index contributed by atoms with van der Waals surface area (Å²) >= 11 is 0. The highest BCUT2D eigenvalue weighted by Crippen LogP contribution is 2.40. The highest BCUT2D eigenvalue weighted by atomic mass is 16.5. The molecule has 110 valence electrons. The van der Waals surface area contributed by atoms with Crippen LogP contribution >= 0.6 is 0 Å². The number of rotatable bonds is 4. The zero-order chi connectivity index (χ0) is 14.4. The lowest BCUT2D eigenvalue weighted by Crippen LogP contribution is -2.22. The molecule has 2 aromatic heterocycles. The van der Waals surface area contributed by atoms with Crippen molar-refractivity contribution in [3.05, 3.63) is 33.5 Å².